The maximum Gasteiger partial charge on any atom is 0.321 e. The monoisotopic (exact) mass is 317 g/mol. The van der Waals surface area contributed by atoms with E-state index >= 15 is 0 Å². The first-order chi connectivity index (χ1) is 10.9. The number of aliphatic carboxylic acids is 1. The number of carboxylic acid groups (broad SMARTS) is 1. The van der Waals surface area contributed by atoms with Crippen molar-refractivity contribution in [2.45, 2.75) is 71.4 Å². The summed E-state index contributed by atoms with van der Waals surface area (Å²) < 4.78 is 0. The number of nitrogens with one attached hydrogen (secondary N) is 1. The van der Waals surface area contributed by atoms with Crippen LogP contribution in [0.2, 0.25) is 0 Å². The van der Waals surface area contributed by atoms with Crippen molar-refractivity contribution in [1.82, 2.24) is 5.32 Å². The summed E-state index contributed by atoms with van der Waals surface area (Å²) in [6.45, 7) is 6.99. The maximum absolute atomic E-state index is 11.6. The van der Waals surface area contributed by atoms with E-state index in [4.69, 9.17) is 0 Å². The molecule has 0 unspecified atom stereocenters. The number of hydrogen-bond donors (Lipinski definition) is 2. The van der Waals surface area contributed by atoms with E-state index in [9.17, 15) is 9.90 Å². The molecule has 3 heteroatoms. The number of carboxylic acids is 1. The fourth-order valence-corrected chi connectivity index (χ4v) is 3.68. The van der Waals surface area contributed by atoms with Gasteiger partial charge in [-0.3, -0.25) is 4.79 Å². The van der Waals surface area contributed by atoms with E-state index in [0.717, 1.165) is 24.3 Å². The average Bonchev–Trinajstić information content (AvgIpc) is 2.55. The van der Waals surface area contributed by atoms with Crippen molar-refractivity contribution >= 4 is 5.97 Å². The second-order valence-corrected chi connectivity index (χ2v) is 7.64. The quantitative estimate of drug-likeness (QED) is 0.789. The summed E-state index contributed by atoms with van der Waals surface area (Å²) >= 11 is 0. The Morgan fingerprint density at radius 3 is 2.35 bits per heavy atom. The first-order valence-electron chi connectivity index (χ1n) is 8.95. The molecule has 0 aromatic heterocycles. The molecule has 0 aliphatic heterocycles. The Hall–Kier alpha value is -1.35. The van der Waals surface area contributed by atoms with Gasteiger partial charge in [-0.25, -0.2) is 0 Å². The van der Waals surface area contributed by atoms with Crippen LogP contribution in [0.25, 0.3) is 0 Å². The summed E-state index contributed by atoms with van der Waals surface area (Å²) in [5.41, 5.74) is 1.48. The Morgan fingerprint density at radius 1 is 1.22 bits per heavy atom. The summed E-state index contributed by atoms with van der Waals surface area (Å²) in [4.78, 5) is 11.6. The fourth-order valence-electron chi connectivity index (χ4n) is 3.68. The zero-order valence-electron chi connectivity index (χ0n) is 14.7. The van der Waals surface area contributed by atoms with E-state index in [1.54, 1.807) is 0 Å². The molecule has 0 radical (unpaired) electrons. The molecule has 1 atom stereocenters. The number of benzene rings is 1. The zero-order valence-corrected chi connectivity index (χ0v) is 14.7. The highest BCUT2D eigenvalue weighted by atomic mass is 16.4. The van der Waals surface area contributed by atoms with Crippen LogP contribution in [0.5, 0.6) is 0 Å². The normalized spacial score (nSPS) is 23.4. The Morgan fingerprint density at radius 2 is 1.83 bits per heavy atom. The minimum absolute atomic E-state index is 0.337. The Balaban J connectivity index is 1.89. The molecule has 0 amide bonds. The molecule has 1 aromatic rings. The summed E-state index contributed by atoms with van der Waals surface area (Å²) in [5.74, 6) is 0.0211. The summed E-state index contributed by atoms with van der Waals surface area (Å²) in [5, 5.41) is 12.9. The first kappa shape index (κ1) is 18.0. The van der Waals surface area contributed by atoms with E-state index in [-0.39, 0.29) is 0 Å². The van der Waals surface area contributed by atoms with E-state index in [2.05, 4.69) is 26.1 Å². The van der Waals surface area contributed by atoms with Gasteiger partial charge in [0.1, 0.15) is 6.04 Å². The molecule has 0 bridgehead atoms. The number of rotatable bonds is 7. The molecule has 0 heterocycles. The molecule has 0 saturated heterocycles. The lowest BCUT2D eigenvalue weighted by atomic mass is 9.69. The van der Waals surface area contributed by atoms with E-state index < -0.39 is 12.0 Å². The number of hydrogen-bond acceptors (Lipinski definition) is 2. The van der Waals surface area contributed by atoms with Gasteiger partial charge in [-0.2, -0.15) is 0 Å². The third kappa shape index (κ3) is 5.07. The first-order valence-corrected chi connectivity index (χ1v) is 8.95. The average molecular weight is 317 g/mol. The van der Waals surface area contributed by atoms with E-state index in [0.29, 0.717) is 17.9 Å². The molecule has 1 aliphatic rings. The van der Waals surface area contributed by atoms with Crippen LogP contribution in [-0.4, -0.2) is 23.2 Å². The van der Waals surface area contributed by atoms with Crippen LogP contribution < -0.4 is 5.32 Å². The molecule has 1 fully saturated rings. The van der Waals surface area contributed by atoms with Gasteiger partial charge in [0.05, 0.1) is 0 Å². The third-order valence-corrected chi connectivity index (χ3v) is 5.76. The van der Waals surface area contributed by atoms with Crippen molar-refractivity contribution in [1.29, 1.82) is 0 Å². The van der Waals surface area contributed by atoms with Gasteiger partial charge in [0, 0.05) is 6.04 Å². The maximum atomic E-state index is 11.6. The standard InChI is InChI=1S/C20H31NO2/c1-4-20(2,3)16-10-12-17(13-11-16)21-18(19(22)23)14-15-8-6-5-7-9-15/h5-9,16-18,21H,4,10-14H2,1-3H3,(H,22,23)/t16?,17?,18-/m0/s1. The van der Waals surface area contributed by atoms with Crippen LogP contribution in [0.15, 0.2) is 30.3 Å². The van der Waals surface area contributed by atoms with E-state index in [1.165, 1.54) is 19.3 Å². The van der Waals surface area contributed by atoms with Crippen molar-refractivity contribution < 1.29 is 9.90 Å². The van der Waals surface area contributed by atoms with Crippen molar-refractivity contribution in [2.24, 2.45) is 11.3 Å². The van der Waals surface area contributed by atoms with Crippen LogP contribution in [0.1, 0.15) is 58.4 Å². The van der Waals surface area contributed by atoms with Crippen LogP contribution in [0.4, 0.5) is 0 Å². The summed E-state index contributed by atoms with van der Waals surface area (Å²) in [6.07, 6.45) is 6.35. The highest BCUT2D eigenvalue weighted by Gasteiger charge is 2.33. The number of carbonyl (C=O) groups is 1. The largest absolute Gasteiger partial charge is 0.480 e. The molecule has 2 rings (SSSR count). The second-order valence-electron chi connectivity index (χ2n) is 7.64. The second kappa shape index (κ2) is 7.96. The zero-order chi connectivity index (χ0) is 16.9. The van der Waals surface area contributed by atoms with Crippen molar-refractivity contribution in [2.75, 3.05) is 0 Å². The van der Waals surface area contributed by atoms with Gasteiger partial charge in [-0.1, -0.05) is 57.5 Å². The van der Waals surface area contributed by atoms with Gasteiger partial charge in [0.2, 0.25) is 0 Å². The van der Waals surface area contributed by atoms with Crippen LogP contribution in [0, 0.1) is 11.3 Å². The lowest BCUT2D eigenvalue weighted by Gasteiger charge is -2.39. The lowest BCUT2D eigenvalue weighted by Crippen LogP contribution is -2.46. The van der Waals surface area contributed by atoms with Crippen molar-refractivity contribution in [3.8, 4) is 0 Å². The van der Waals surface area contributed by atoms with Gasteiger partial charge < -0.3 is 10.4 Å². The minimum atomic E-state index is -0.745. The Kier molecular flexibility index (Phi) is 6.23. The van der Waals surface area contributed by atoms with Crippen LogP contribution in [0.3, 0.4) is 0 Å². The van der Waals surface area contributed by atoms with Crippen molar-refractivity contribution in [3.05, 3.63) is 35.9 Å². The molecule has 2 N–H and O–H groups in total. The molecule has 128 valence electrons. The highest BCUT2D eigenvalue weighted by molar-refractivity contribution is 5.74. The molecule has 23 heavy (non-hydrogen) atoms. The lowest BCUT2D eigenvalue weighted by molar-refractivity contribution is -0.139. The van der Waals surface area contributed by atoms with Gasteiger partial charge >= 0.3 is 5.97 Å². The van der Waals surface area contributed by atoms with Gasteiger partial charge in [-0.05, 0) is 49.0 Å². The minimum Gasteiger partial charge on any atom is -0.480 e. The highest BCUT2D eigenvalue weighted by Crippen LogP contribution is 2.40. The predicted octanol–water partition coefficient (Wildman–Crippen LogP) is 4.27. The predicted molar refractivity (Wildman–Crippen MR) is 94.5 cm³/mol. The molecule has 3 nitrogen and oxygen atoms in total. The molecule has 1 saturated carbocycles. The Labute approximate surface area is 140 Å². The molecule has 1 aromatic carbocycles. The van der Waals surface area contributed by atoms with E-state index in [1.807, 2.05) is 30.3 Å². The van der Waals surface area contributed by atoms with Crippen molar-refractivity contribution in [3.63, 3.8) is 0 Å². The fraction of sp³-hybridized carbons (Fsp3) is 0.650. The van der Waals surface area contributed by atoms with Gasteiger partial charge in [0.25, 0.3) is 0 Å². The molecular weight excluding hydrogens is 286 g/mol. The van der Waals surface area contributed by atoms with Gasteiger partial charge in [-0.15, -0.1) is 0 Å². The van der Waals surface area contributed by atoms with Crippen LogP contribution in [-0.2, 0) is 11.2 Å². The molecule has 1 aliphatic carbocycles. The topological polar surface area (TPSA) is 49.3 Å². The smallest absolute Gasteiger partial charge is 0.321 e. The molecular formula is C20H31NO2. The third-order valence-electron chi connectivity index (χ3n) is 5.76. The summed E-state index contributed by atoms with van der Waals surface area (Å²) in [6, 6.07) is 9.74. The Bertz CT molecular complexity index is 490. The SMILES string of the molecule is CCC(C)(C)C1CCC(N[C@@H](Cc2ccccc2)C(=O)O)CC1. The van der Waals surface area contributed by atoms with Crippen LogP contribution >= 0.6 is 0 Å². The van der Waals surface area contributed by atoms with Gasteiger partial charge in [0.15, 0.2) is 0 Å². The summed E-state index contributed by atoms with van der Waals surface area (Å²) in [7, 11) is 0. The molecule has 0 spiro atoms.